The number of aromatic nitrogens is 2. The van der Waals surface area contributed by atoms with Gasteiger partial charge in [0.25, 0.3) is 5.56 Å². The van der Waals surface area contributed by atoms with E-state index in [0.29, 0.717) is 10.7 Å². The lowest BCUT2D eigenvalue weighted by Crippen LogP contribution is -2.14. The Balaban J connectivity index is 1.59. The molecule has 2 heterocycles. The SMILES string of the molecule is O=C(OCc1cc(=O)n2ccsc2n1)c1cc2ccccc2cc1O. The van der Waals surface area contributed by atoms with Crippen molar-refractivity contribution in [1.82, 2.24) is 9.38 Å². The Kier molecular flexibility index (Phi) is 3.70. The first kappa shape index (κ1) is 15.3. The molecule has 0 atom stereocenters. The lowest BCUT2D eigenvalue weighted by atomic mass is 10.1. The van der Waals surface area contributed by atoms with E-state index in [1.165, 1.54) is 27.9 Å². The van der Waals surface area contributed by atoms with Gasteiger partial charge in [0.2, 0.25) is 0 Å². The minimum atomic E-state index is -0.670. The number of esters is 1. The minimum Gasteiger partial charge on any atom is -0.507 e. The largest absolute Gasteiger partial charge is 0.507 e. The number of phenols is 1. The summed E-state index contributed by atoms with van der Waals surface area (Å²) < 4.78 is 6.64. The predicted molar refractivity (Wildman–Crippen MR) is 94.1 cm³/mol. The quantitative estimate of drug-likeness (QED) is 0.573. The molecule has 0 aliphatic carbocycles. The van der Waals surface area contributed by atoms with Gasteiger partial charge in [0.1, 0.15) is 17.9 Å². The van der Waals surface area contributed by atoms with Crippen molar-refractivity contribution in [2.24, 2.45) is 0 Å². The molecule has 6 nitrogen and oxygen atoms in total. The Morgan fingerprint density at radius 3 is 2.76 bits per heavy atom. The average molecular weight is 352 g/mol. The number of hydrogen-bond acceptors (Lipinski definition) is 6. The molecule has 0 spiro atoms. The van der Waals surface area contributed by atoms with Crippen LogP contribution in [0.15, 0.2) is 58.8 Å². The molecule has 2 aromatic heterocycles. The lowest BCUT2D eigenvalue weighted by molar-refractivity contribution is 0.0464. The van der Waals surface area contributed by atoms with Gasteiger partial charge in [-0.05, 0) is 22.9 Å². The van der Waals surface area contributed by atoms with Crippen molar-refractivity contribution in [1.29, 1.82) is 0 Å². The van der Waals surface area contributed by atoms with Crippen LogP contribution in [-0.2, 0) is 11.3 Å². The number of rotatable bonds is 3. The molecule has 4 rings (SSSR count). The van der Waals surface area contributed by atoms with Crippen LogP contribution in [0.4, 0.5) is 0 Å². The first-order chi connectivity index (χ1) is 12.1. The van der Waals surface area contributed by atoms with E-state index < -0.39 is 5.97 Å². The number of nitrogens with zero attached hydrogens (tertiary/aromatic N) is 2. The fourth-order valence-corrected chi connectivity index (χ4v) is 3.31. The summed E-state index contributed by atoms with van der Waals surface area (Å²) in [6.45, 7) is -0.144. The van der Waals surface area contributed by atoms with Crippen LogP contribution in [0.5, 0.6) is 5.75 Å². The van der Waals surface area contributed by atoms with Gasteiger partial charge in [-0.25, -0.2) is 9.78 Å². The zero-order valence-electron chi connectivity index (χ0n) is 12.9. The van der Waals surface area contributed by atoms with Gasteiger partial charge in [0.05, 0.1) is 5.69 Å². The van der Waals surface area contributed by atoms with Gasteiger partial charge in [-0.2, -0.15) is 0 Å². The zero-order chi connectivity index (χ0) is 17.4. The summed E-state index contributed by atoms with van der Waals surface area (Å²) in [5.74, 6) is -0.818. The molecule has 0 aliphatic rings. The monoisotopic (exact) mass is 352 g/mol. The summed E-state index contributed by atoms with van der Waals surface area (Å²) in [6.07, 6.45) is 1.64. The van der Waals surface area contributed by atoms with Crippen molar-refractivity contribution < 1.29 is 14.6 Å². The highest BCUT2D eigenvalue weighted by molar-refractivity contribution is 7.15. The molecule has 25 heavy (non-hydrogen) atoms. The van der Waals surface area contributed by atoms with Crippen molar-refractivity contribution in [2.45, 2.75) is 6.61 Å². The van der Waals surface area contributed by atoms with E-state index in [1.807, 2.05) is 24.3 Å². The number of ether oxygens (including phenoxy) is 1. The smallest absolute Gasteiger partial charge is 0.342 e. The molecule has 4 aromatic rings. The van der Waals surface area contributed by atoms with E-state index in [9.17, 15) is 14.7 Å². The second-order valence-electron chi connectivity index (χ2n) is 5.43. The summed E-state index contributed by atoms with van der Waals surface area (Å²) in [4.78, 5) is 29.0. The number of phenolic OH excluding ortho intramolecular Hbond substituents is 1. The average Bonchev–Trinajstić information content (AvgIpc) is 3.08. The molecular formula is C18H12N2O4S. The van der Waals surface area contributed by atoms with Gasteiger partial charge in [-0.1, -0.05) is 24.3 Å². The van der Waals surface area contributed by atoms with E-state index in [4.69, 9.17) is 4.74 Å². The maximum absolute atomic E-state index is 12.3. The van der Waals surface area contributed by atoms with Crippen LogP contribution in [0, 0.1) is 0 Å². The van der Waals surface area contributed by atoms with E-state index >= 15 is 0 Å². The summed E-state index contributed by atoms with van der Waals surface area (Å²) in [5.41, 5.74) is 0.208. The molecular weight excluding hydrogens is 340 g/mol. The van der Waals surface area contributed by atoms with Gasteiger partial charge in [-0.15, -0.1) is 11.3 Å². The highest BCUT2D eigenvalue weighted by Crippen LogP contribution is 2.25. The maximum Gasteiger partial charge on any atom is 0.342 e. The van der Waals surface area contributed by atoms with Crippen LogP contribution >= 0.6 is 11.3 Å². The Labute approximate surface area is 145 Å². The summed E-state index contributed by atoms with van der Waals surface area (Å²) in [7, 11) is 0. The van der Waals surface area contributed by atoms with Gasteiger partial charge < -0.3 is 9.84 Å². The molecule has 0 amide bonds. The van der Waals surface area contributed by atoms with Crippen LogP contribution in [0.3, 0.4) is 0 Å². The van der Waals surface area contributed by atoms with Crippen LogP contribution in [0.2, 0.25) is 0 Å². The third-order valence-electron chi connectivity index (χ3n) is 3.79. The number of carbonyl (C=O) groups is 1. The Morgan fingerprint density at radius 1 is 1.20 bits per heavy atom. The van der Waals surface area contributed by atoms with Crippen molar-refractivity contribution in [3.05, 3.63) is 75.7 Å². The molecule has 2 aromatic carbocycles. The van der Waals surface area contributed by atoms with Crippen LogP contribution in [0.1, 0.15) is 16.1 Å². The molecule has 1 N–H and O–H groups in total. The van der Waals surface area contributed by atoms with Gasteiger partial charge in [0.15, 0.2) is 4.96 Å². The van der Waals surface area contributed by atoms with Crippen molar-refractivity contribution in [3.63, 3.8) is 0 Å². The van der Waals surface area contributed by atoms with E-state index in [1.54, 1.807) is 17.6 Å². The van der Waals surface area contributed by atoms with Gasteiger partial charge in [0, 0.05) is 17.6 Å². The number of carbonyl (C=O) groups excluding carboxylic acids is 1. The summed E-state index contributed by atoms with van der Waals surface area (Å²) >= 11 is 1.32. The number of benzene rings is 2. The van der Waals surface area contributed by atoms with Crippen molar-refractivity contribution in [2.75, 3.05) is 0 Å². The molecule has 0 aliphatic heterocycles. The highest BCUT2D eigenvalue weighted by Gasteiger charge is 2.15. The van der Waals surface area contributed by atoms with Crippen molar-refractivity contribution in [3.8, 4) is 5.75 Å². The fraction of sp³-hybridized carbons (Fsp3) is 0.0556. The number of hydrogen-bond donors (Lipinski definition) is 1. The topological polar surface area (TPSA) is 80.9 Å². The zero-order valence-corrected chi connectivity index (χ0v) is 13.7. The van der Waals surface area contributed by atoms with Crippen LogP contribution in [0.25, 0.3) is 15.7 Å². The van der Waals surface area contributed by atoms with Crippen LogP contribution < -0.4 is 5.56 Å². The third-order valence-corrected chi connectivity index (χ3v) is 4.55. The molecule has 0 saturated heterocycles. The molecule has 0 unspecified atom stereocenters. The molecule has 0 fully saturated rings. The highest BCUT2D eigenvalue weighted by atomic mass is 32.1. The summed E-state index contributed by atoms with van der Waals surface area (Å²) in [5, 5.41) is 13.5. The van der Waals surface area contributed by atoms with E-state index in [0.717, 1.165) is 10.8 Å². The van der Waals surface area contributed by atoms with Gasteiger partial charge in [-0.3, -0.25) is 9.20 Å². The van der Waals surface area contributed by atoms with Crippen LogP contribution in [-0.4, -0.2) is 20.5 Å². The number of thiazole rings is 1. The first-order valence-electron chi connectivity index (χ1n) is 7.46. The lowest BCUT2D eigenvalue weighted by Gasteiger charge is -2.08. The normalized spacial score (nSPS) is 11.0. The molecule has 0 radical (unpaired) electrons. The standard InChI is InChI=1S/C18H12N2O4S/c21-15-8-12-4-2-1-3-11(12)7-14(15)17(23)24-10-13-9-16(22)20-5-6-25-18(20)19-13/h1-9,21H,10H2. The molecule has 0 bridgehead atoms. The second kappa shape index (κ2) is 6.03. The number of fused-ring (bicyclic) bond motifs is 2. The molecule has 124 valence electrons. The third kappa shape index (κ3) is 2.85. The van der Waals surface area contributed by atoms with Crippen molar-refractivity contribution >= 4 is 33.0 Å². The Bertz CT molecular complexity index is 1160. The van der Waals surface area contributed by atoms with E-state index in [2.05, 4.69) is 4.98 Å². The number of aromatic hydroxyl groups is 1. The molecule has 0 saturated carbocycles. The fourth-order valence-electron chi connectivity index (χ4n) is 2.57. The second-order valence-corrected chi connectivity index (χ2v) is 6.31. The molecule has 7 heteroatoms. The van der Waals surface area contributed by atoms with E-state index in [-0.39, 0.29) is 23.5 Å². The maximum atomic E-state index is 12.3. The Hall–Kier alpha value is -3.19. The Morgan fingerprint density at radius 2 is 1.96 bits per heavy atom. The summed E-state index contributed by atoms with van der Waals surface area (Å²) in [6, 6.07) is 11.8. The van der Waals surface area contributed by atoms with Gasteiger partial charge >= 0.3 is 5.97 Å². The predicted octanol–water partition coefficient (Wildman–Crippen LogP) is 2.97. The minimum absolute atomic E-state index is 0.0765. The first-order valence-corrected chi connectivity index (χ1v) is 8.34.